The van der Waals surface area contributed by atoms with Gasteiger partial charge in [0.2, 0.25) is 0 Å². The fourth-order valence-corrected chi connectivity index (χ4v) is 2.89. The molecule has 0 radical (unpaired) electrons. The largest absolute Gasteiger partial charge is 0.508 e. The molecule has 0 bridgehead atoms. The molecule has 3 aromatic rings. The van der Waals surface area contributed by atoms with Crippen LogP contribution in [0.2, 0.25) is 5.02 Å². The molecule has 0 aliphatic rings. The number of benzene rings is 2. The highest BCUT2D eigenvalue weighted by atomic mass is 35.5. The summed E-state index contributed by atoms with van der Waals surface area (Å²) in [6.45, 7) is 1.48. The molecule has 134 valence electrons. The summed E-state index contributed by atoms with van der Waals surface area (Å²) in [4.78, 5) is 12.3. The molecule has 7 heteroatoms. The zero-order valence-electron chi connectivity index (χ0n) is 14.0. The van der Waals surface area contributed by atoms with Gasteiger partial charge in [-0.25, -0.2) is 9.48 Å². The average molecular weight is 373 g/mol. The number of hydrogen-bond acceptors (Lipinski definition) is 5. The molecule has 6 nitrogen and oxygen atoms in total. The fraction of sp³-hybridized carbons (Fsp3) is 0.158. The maximum absolute atomic E-state index is 12.3. The van der Waals surface area contributed by atoms with Gasteiger partial charge in [-0.3, -0.25) is 0 Å². The van der Waals surface area contributed by atoms with Crippen LogP contribution in [0.3, 0.4) is 0 Å². The molecule has 1 aromatic heterocycles. The molecule has 0 unspecified atom stereocenters. The minimum Gasteiger partial charge on any atom is -0.508 e. The van der Waals surface area contributed by atoms with Crippen LogP contribution in [0.25, 0.3) is 16.9 Å². The SMILES string of the molecule is CCOC(=O)c1nn(-c2ccccc2Cl)c(-c2ccc(O)cc2)c1CO. The molecule has 1 heterocycles. The van der Waals surface area contributed by atoms with Crippen LogP contribution in [0.1, 0.15) is 23.0 Å². The van der Waals surface area contributed by atoms with Crippen molar-refractivity contribution in [1.29, 1.82) is 0 Å². The third kappa shape index (κ3) is 3.29. The number of para-hydroxylation sites is 1. The van der Waals surface area contributed by atoms with E-state index in [4.69, 9.17) is 16.3 Å². The lowest BCUT2D eigenvalue weighted by Crippen LogP contribution is -2.08. The van der Waals surface area contributed by atoms with Gasteiger partial charge in [-0.15, -0.1) is 0 Å². The second kappa shape index (κ2) is 7.59. The van der Waals surface area contributed by atoms with Crippen molar-refractivity contribution >= 4 is 17.6 Å². The number of aliphatic hydroxyl groups excluding tert-OH is 1. The summed E-state index contributed by atoms with van der Waals surface area (Å²) >= 11 is 6.31. The first-order valence-corrected chi connectivity index (χ1v) is 8.38. The van der Waals surface area contributed by atoms with E-state index in [0.717, 1.165) is 0 Å². The molecular weight excluding hydrogens is 356 g/mol. The number of aromatic nitrogens is 2. The summed E-state index contributed by atoms with van der Waals surface area (Å²) < 4.78 is 6.57. The third-order valence-corrected chi connectivity index (χ3v) is 4.15. The number of halogens is 1. The van der Waals surface area contributed by atoms with Gasteiger partial charge < -0.3 is 14.9 Å². The van der Waals surface area contributed by atoms with Crippen LogP contribution in [0.15, 0.2) is 48.5 Å². The Morgan fingerprint density at radius 1 is 1.19 bits per heavy atom. The fourth-order valence-electron chi connectivity index (χ4n) is 2.68. The van der Waals surface area contributed by atoms with E-state index in [0.29, 0.717) is 27.5 Å². The molecule has 0 amide bonds. The molecule has 26 heavy (non-hydrogen) atoms. The third-order valence-electron chi connectivity index (χ3n) is 3.83. The Labute approximate surface area is 155 Å². The smallest absolute Gasteiger partial charge is 0.359 e. The number of hydrogen-bond donors (Lipinski definition) is 2. The van der Waals surface area contributed by atoms with Gasteiger partial charge in [0.1, 0.15) is 5.75 Å². The standard InChI is InChI=1S/C19H17ClN2O4/c1-2-26-19(25)17-14(11-23)18(12-7-9-13(24)10-8-12)22(21-17)16-6-4-3-5-15(16)20/h3-10,23-24H,2,11H2,1H3. The zero-order valence-corrected chi connectivity index (χ0v) is 14.8. The van der Waals surface area contributed by atoms with Gasteiger partial charge in [0.25, 0.3) is 0 Å². The van der Waals surface area contributed by atoms with Crippen LogP contribution in [0.5, 0.6) is 5.75 Å². The van der Waals surface area contributed by atoms with Crippen molar-refractivity contribution in [1.82, 2.24) is 9.78 Å². The average Bonchev–Trinajstić information content (AvgIpc) is 3.02. The van der Waals surface area contributed by atoms with Crippen molar-refractivity contribution in [2.45, 2.75) is 13.5 Å². The molecule has 3 rings (SSSR count). The molecule has 2 aromatic carbocycles. The number of carbonyl (C=O) groups is 1. The normalized spacial score (nSPS) is 10.7. The van der Waals surface area contributed by atoms with Gasteiger partial charge in [-0.1, -0.05) is 23.7 Å². The van der Waals surface area contributed by atoms with Gasteiger partial charge in [0, 0.05) is 11.1 Å². The summed E-state index contributed by atoms with van der Waals surface area (Å²) in [5.74, 6) is -0.517. The topological polar surface area (TPSA) is 84.6 Å². The van der Waals surface area contributed by atoms with Gasteiger partial charge in [-0.2, -0.15) is 5.10 Å². The number of phenols is 1. The van der Waals surface area contributed by atoms with Crippen LogP contribution in [-0.2, 0) is 11.3 Å². The lowest BCUT2D eigenvalue weighted by molar-refractivity contribution is 0.0515. The summed E-state index contributed by atoms with van der Waals surface area (Å²) in [7, 11) is 0. The van der Waals surface area contributed by atoms with Crippen LogP contribution in [-0.4, -0.2) is 32.6 Å². The van der Waals surface area contributed by atoms with E-state index >= 15 is 0 Å². The minimum atomic E-state index is -0.623. The van der Waals surface area contributed by atoms with Crippen LogP contribution >= 0.6 is 11.6 Å². The Morgan fingerprint density at radius 2 is 1.88 bits per heavy atom. The Kier molecular flexibility index (Phi) is 5.25. The van der Waals surface area contributed by atoms with E-state index in [9.17, 15) is 15.0 Å². The molecule has 0 fully saturated rings. The number of carbonyl (C=O) groups excluding carboxylic acids is 1. The molecule has 0 aliphatic carbocycles. The van der Waals surface area contributed by atoms with E-state index < -0.39 is 12.6 Å². The Morgan fingerprint density at radius 3 is 2.50 bits per heavy atom. The maximum Gasteiger partial charge on any atom is 0.359 e. The molecule has 0 saturated heterocycles. The molecule has 0 aliphatic heterocycles. The summed E-state index contributed by atoms with van der Waals surface area (Å²) in [6, 6.07) is 13.4. The number of phenolic OH excluding ortho intramolecular Hbond substituents is 1. The molecular formula is C19H17ClN2O4. The van der Waals surface area contributed by atoms with E-state index in [1.165, 1.54) is 16.8 Å². The second-order valence-corrected chi connectivity index (χ2v) is 5.87. The van der Waals surface area contributed by atoms with Crippen LogP contribution < -0.4 is 0 Å². The summed E-state index contributed by atoms with van der Waals surface area (Å²) in [5, 5.41) is 24.3. The summed E-state index contributed by atoms with van der Waals surface area (Å²) in [5.41, 5.74) is 2.08. The van der Waals surface area contributed by atoms with Crippen molar-refractivity contribution in [2.24, 2.45) is 0 Å². The molecule has 0 spiro atoms. The van der Waals surface area contributed by atoms with Crippen molar-refractivity contribution in [2.75, 3.05) is 6.61 Å². The van der Waals surface area contributed by atoms with Crippen molar-refractivity contribution in [3.8, 4) is 22.7 Å². The molecule has 0 saturated carbocycles. The predicted molar refractivity (Wildman–Crippen MR) is 97.6 cm³/mol. The van der Waals surface area contributed by atoms with Gasteiger partial charge in [0.15, 0.2) is 5.69 Å². The molecule has 2 N–H and O–H groups in total. The van der Waals surface area contributed by atoms with E-state index in [1.807, 2.05) is 0 Å². The monoisotopic (exact) mass is 372 g/mol. The first-order chi connectivity index (χ1) is 12.6. The number of ether oxygens (including phenoxy) is 1. The highest BCUT2D eigenvalue weighted by Gasteiger charge is 2.25. The maximum atomic E-state index is 12.3. The number of esters is 1. The lowest BCUT2D eigenvalue weighted by atomic mass is 10.1. The highest BCUT2D eigenvalue weighted by Crippen LogP contribution is 2.33. The van der Waals surface area contributed by atoms with Crippen LogP contribution in [0, 0.1) is 0 Å². The summed E-state index contributed by atoms with van der Waals surface area (Å²) in [6.07, 6.45) is 0. The molecule has 0 atom stereocenters. The quantitative estimate of drug-likeness (QED) is 0.669. The predicted octanol–water partition coefficient (Wildman–Crippen LogP) is 3.57. The van der Waals surface area contributed by atoms with Gasteiger partial charge >= 0.3 is 5.97 Å². The Hall–Kier alpha value is -2.83. The van der Waals surface area contributed by atoms with Crippen molar-refractivity contribution in [3.63, 3.8) is 0 Å². The van der Waals surface area contributed by atoms with E-state index in [-0.39, 0.29) is 18.1 Å². The van der Waals surface area contributed by atoms with Crippen LogP contribution in [0.4, 0.5) is 0 Å². The minimum absolute atomic E-state index is 0.0253. The first kappa shape index (κ1) is 18.0. The number of aromatic hydroxyl groups is 1. The Balaban J connectivity index is 2.30. The Bertz CT molecular complexity index is 935. The number of nitrogens with zero attached hydrogens (tertiary/aromatic N) is 2. The van der Waals surface area contributed by atoms with Gasteiger partial charge in [0.05, 0.1) is 29.6 Å². The number of rotatable bonds is 5. The first-order valence-electron chi connectivity index (χ1n) is 8.01. The lowest BCUT2D eigenvalue weighted by Gasteiger charge is -2.11. The van der Waals surface area contributed by atoms with Gasteiger partial charge in [-0.05, 0) is 43.3 Å². The van der Waals surface area contributed by atoms with Crippen molar-refractivity contribution < 1.29 is 19.7 Å². The second-order valence-electron chi connectivity index (χ2n) is 5.46. The van der Waals surface area contributed by atoms with E-state index in [2.05, 4.69) is 5.10 Å². The number of aliphatic hydroxyl groups is 1. The van der Waals surface area contributed by atoms with E-state index in [1.54, 1.807) is 43.3 Å². The highest BCUT2D eigenvalue weighted by molar-refractivity contribution is 6.32. The zero-order chi connectivity index (χ0) is 18.7. The van der Waals surface area contributed by atoms with Crippen molar-refractivity contribution in [3.05, 3.63) is 64.8 Å².